The summed E-state index contributed by atoms with van der Waals surface area (Å²) in [4.78, 5) is 29.1. The summed E-state index contributed by atoms with van der Waals surface area (Å²) in [7, 11) is 0. The number of nitrogens with zero attached hydrogens (tertiary/aromatic N) is 1. The summed E-state index contributed by atoms with van der Waals surface area (Å²) in [5.74, 6) is -0.399. The summed E-state index contributed by atoms with van der Waals surface area (Å²) < 4.78 is 0. The molecule has 0 fully saturated rings. The van der Waals surface area contributed by atoms with Crippen molar-refractivity contribution in [3.63, 3.8) is 0 Å². The quantitative estimate of drug-likeness (QED) is 0.441. The Morgan fingerprint density at radius 3 is 2.38 bits per heavy atom. The fourth-order valence-electron chi connectivity index (χ4n) is 2.17. The normalized spacial score (nSPS) is 11.0. The van der Waals surface area contributed by atoms with Gasteiger partial charge in [0.15, 0.2) is 6.61 Å². The summed E-state index contributed by atoms with van der Waals surface area (Å²) in [6, 6.07) is 14.8. The number of thioether (sulfide) groups is 1. The summed E-state index contributed by atoms with van der Waals surface area (Å²) in [5, 5.41) is 9.48. The molecule has 0 aromatic heterocycles. The highest BCUT2D eigenvalue weighted by Gasteiger charge is 2.07. The number of rotatable bonds is 7. The largest absolute Gasteiger partial charge is 0.385 e. The first kappa shape index (κ1) is 19.5. The predicted molar refractivity (Wildman–Crippen MR) is 106 cm³/mol. The third kappa shape index (κ3) is 5.93. The van der Waals surface area contributed by atoms with Gasteiger partial charge in [-0.05, 0) is 43.0 Å². The number of oxime groups is 1. The molecule has 2 aromatic rings. The molecule has 7 heteroatoms. The Balaban J connectivity index is 1.88. The third-order valence-electron chi connectivity index (χ3n) is 3.40. The number of hydrogen-bond donors (Lipinski definition) is 2. The molecule has 0 aliphatic rings. The lowest BCUT2D eigenvalue weighted by Gasteiger charge is -2.09. The van der Waals surface area contributed by atoms with E-state index < -0.39 is 0 Å². The van der Waals surface area contributed by atoms with E-state index in [2.05, 4.69) is 15.8 Å². The van der Waals surface area contributed by atoms with Crippen LogP contribution < -0.4 is 10.6 Å². The van der Waals surface area contributed by atoms with Crippen LogP contribution in [0.3, 0.4) is 0 Å². The minimum Gasteiger partial charge on any atom is -0.385 e. The van der Waals surface area contributed by atoms with Crippen LogP contribution in [0.4, 0.5) is 11.4 Å². The molecular weight excluding hydrogens is 350 g/mol. The first-order chi connectivity index (χ1) is 12.5. The lowest BCUT2D eigenvalue weighted by Crippen LogP contribution is -2.17. The molecule has 0 spiro atoms. The highest BCUT2D eigenvalue weighted by Crippen LogP contribution is 2.24. The molecule has 0 radical (unpaired) electrons. The average Bonchev–Trinajstić information content (AvgIpc) is 2.62. The molecule has 0 unspecified atom stereocenters. The summed E-state index contributed by atoms with van der Waals surface area (Å²) >= 11 is 1.56. The van der Waals surface area contributed by atoms with Gasteiger partial charge in [0.2, 0.25) is 5.91 Å². The van der Waals surface area contributed by atoms with Crippen LogP contribution in [0.15, 0.2) is 58.6 Å². The van der Waals surface area contributed by atoms with Gasteiger partial charge in [0, 0.05) is 17.5 Å². The molecule has 0 bridgehead atoms. The van der Waals surface area contributed by atoms with E-state index in [4.69, 9.17) is 4.84 Å². The van der Waals surface area contributed by atoms with E-state index in [0.717, 1.165) is 16.1 Å². The molecular formula is C19H21N3O3S. The third-order valence-corrected chi connectivity index (χ3v) is 4.20. The zero-order valence-electron chi connectivity index (χ0n) is 14.9. The number of carbonyl (C=O) groups is 2. The molecule has 0 heterocycles. The highest BCUT2D eigenvalue weighted by molar-refractivity contribution is 7.98. The number of amides is 2. The van der Waals surface area contributed by atoms with Crippen LogP contribution in [-0.4, -0.2) is 30.4 Å². The Hall–Kier alpha value is -2.80. The Morgan fingerprint density at radius 1 is 1.04 bits per heavy atom. The minimum absolute atomic E-state index is 0.125. The van der Waals surface area contributed by atoms with Gasteiger partial charge in [-0.1, -0.05) is 29.4 Å². The van der Waals surface area contributed by atoms with Crippen molar-refractivity contribution in [2.75, 3.05) is 23.5 Å². The summed E-state index contributed by atoms with van der Waals surface area (Å²) in [6.07, 6.45) is 1.95. The molecule has 0 saturated heterocycles. The molecule has 2 N–H and O–H groups in total. The molecule has 0 atom stereocenters. The van der Waals surface area contributed by atoms with Crippen LogP contribution in [0.5, 0.6) is 0 Å². The van der Waals surface area contributed by atoms with Crippen molar-refractivity contribution in [1.29, 1.82) is 0 Å². The van der Waals surface area contributed by atoms with E-state index >= 15 is 0 Å². The van der Waals surface area contributed by atoms with Crippen molar-refractivity contribution in [2.45, 2.75) is 18.7 Å². The zero-order chi connectivity index (χ0) is 18.9. The second-order valence-corrected chi connectivity index (χ2v) is 6.31. The first-order valence-corrected chi connectivity index (χ1v) is 9.19. The van der Waals surface area contributed by atoms with Crippen molar-refractivity contribution in [3.05, 3.63) is 54.1 Å². The van der Waals surface area contributed by atoms with Crippen LogP contribution >= 0.6 is 11.8 Å². The number of hydrogen-bond acceptors (Lipinski definition) is 5. The number of para-hydroxylation sites is 1. The van der Waals surface area contributed by atoms with E-state index in [9.17, 15) is 9.59 Å². The molecule has 2 amide bonds. The monoisotopic (exact) mass is 371 g/mol. The van der Waals surface area contributed by atoms with Crippen molar-refractivity contribution < 1.29 is 14.4 Å². The van der Waals surface area contributed by atoms with Crippen LogP contribution in [0.1, 0.15) is 19.4 Å². The predicted octanol–water partition coefficient (Wildman–Crippen LogP) is 3.75. The van der Waals surface area contributed by atoms with Gasteiger partial charge in [-0.3, -0.25) is 9.59 Å². The number of anilines is 2. The minimum atomic E-state index is -0.274. The van der Waals surface area contributed by atoms with Gasteiger partial charge in [-0.25, -0.2) is 0 Å². The van der Waals surface area contributed by atoms with E-state index in [-0.39, 0.29) is 18.4 Å². The molecule has 0 aliphatic heterocycles. The van der Waals surface area contributed by atoms with Gasteiger partial charge in [0.1, 0.15) is 0 Å². The van der Waals surface area contributed by atoms with Gasteiger partial charge in [-0.2, -0.15) is 0 Å². The smallest absolute Gasteiger partial charge is 0.265 e. The zero-order valence-corrected chi connectivity index (χ0v) is 15.7. The van der Waals surface area contributed by atoms with Crippen molar-refractivity contribution in [3.8, 4) is 0 Å². The average molecular weight is 371 g/mol. The van der Waals surface area contributed by atoms with Crippen molar-refractivity contribution >= 4 is 40.7 Å². The van der Waals surface area contributed by atoms with Crippen LogP contribution in [-0.2, 0) is 14.4 Å². The van der Waals surface area contributed by atoms with Crippen molar-refractivity contribution in [2.24, 2.45) is 5.16 Å². The maximum absolute atomic E-state index is 12.0. The van der Waals surface area contributed by atoms with Gasteiger partial charge >= 0.3 is 0 Å². The van der Waals surface area contributed by atoms with Crippen molar-refractivity contribution in [1.82, 2.24) is 0 Å². The van der Waals surface area contributed by atoms with E-state index in [1.807, 2.05) is 42.7 Å². The van der Waals surface area contributed by atoms with E-state index in [0.29, 0.717) is 11.4 Å². The molecule has 6 nitrogen and oxygen atoms in total. The second-order valence-electron chi connectivity index (χ2n) is 5.46. The number of benzene rings is 2. The topological polar surface area (TPSA) is 79.8 Å². The molecule has 136 valence electrons. The van der Waals surface area contributed by atoms with Crippen LogP contribution in [0.2, 0.25) is 0 Å². The van der Waals surface area contributed by atoms with Gasteiger partial charge < -0.3 is 15.5 Å². The van der Waals surface area contributed by atoms with Gasteiger partial charge in [-0.15, -0.1) is 11.8 Å². The SMILES string of the molecule is CSc1ccccc1NC(=O)CO/N=C(\C)c1ccc(NC(C)=O)cc1. The fraction of sp³-hybridized carbons (Fsp3) is 0.211. The Labute approximate surface area is 157 Å². The lowest BCUT2D eigenvalue weighted by molar-refractivity contribution is -0.120. The Bertz CT molecular complexity index is 804. The summed E-state index contributed by atoms with van der Waals surface area (Å²) in [6.45, 7) is 3.06. The molecule has 26 heavy (non-hydrogen) atoms. The van der Waals surface area contributed by atoms with Crippen LogP contribution in [0, 0.1) is 0 Å². The Kier molecular flexibility index (Phi) is 7.23. The lowest BCUT2D eigenvalue weighted by atomic mass is 10.1. The van der Waals surface area contributed by atoms with E-state index in [1.54, 1.807) is 30.8 Å². The Morgan fingerprint density at radius 2 is 1.73 bits per heavy atom. The molecule has 2 rings (SSSR count). The van der Waals surface area contributed by atoms with E-state index in [1.165, 1.54) is 6.92 Å². The maximum Gasteiger partial charge on any atom is 0.265 e. The standard InChI is InChI=1S/C19H21N3O3S/c1-13(15-8-10-16(11-9-15)20-14(2)23)22-25-12-19(24)21-17-6-4-5-7-18(17)26-3/h4-11H,12H2,1-3H3,(H,20,23)(H,21,24)/b22-13+. The fourth-order valence-corrected chi connectivity index (χ4v) is 2.73. The molecule has 0 saturated carbocycles. The second kappa shape index (κ2) is 9.62. The highest BCUT2D eigenvalue weighted by atomic mass is 32.2. The van der Waals surface area contributed by atoms with Gasteiger partial charge in [0.05, 0.1) is 11.4 Å². The first-order valence-electron chi connectivity index (χ1n) is 7.97. The number of carbonyl (C=O) groups excluding carboxylic acids is 2. The van der Waals surface area contributed by atoms with Crippen LogP contribution in [0.25, 0.3) is 0 Å². The molecule has 0 aliphatic carbocycles. The molecule has 2 aromatic carbocycles. The van der Waals surface area contributed by atoms with Gasteiger partial charge in [0.25, 0.3) is 5.91 Å². The maximum atomic E-state index is 12.0. The summed E-state index contributed by atoms with van der Waals surface area (Å²) in [5.41, 5.74) is 2.94. The number of nitrogens with one attached hydrogen (secondary N) is 2.